The third kappa shape index (κ3) is 5.56. The van der Waals surface area contributed by atoms with Crippen LogP contribution in [0.4, 0.5) is 0 Å². The van der Waals surface area contributed by atoms with Crippen molar-refractivity contribution in [2.75, 3.05) is 7.05 Å². The van der Waals surface area contributed by atoms with Crippen LogP contribution in [-0.4, -0.2) is 41.0 Å². The van der Waals surface area contributed by atoms with Crippen molar-refractivity contribution in [3.8, 4) is 0 Å². The maximum Gasteiger partial charge on any atom is 0.244 e. The molecule has 8 heteroatoms. The molecule has 28 heavy (non-hydrogen) atoms. The summed E-state index contributed by atoms with van der Waals surface area (Å²) in [5.41, 5.74) is 3.44. The molecule has 2 aromatic rings. The number of benzene rings is 1. The van der Waals surface area contributed by atoms with Gasteiger partial charge in [0.25, 0.3) is 0 Å². The van der Waals surface area contributed by atoms with E-state index in [0.717, 1.165) is 16.5 Å². The highest BCUT2D eigenvalue weighted by Crippen LogP contribution is 2.20. The number of nitrogens with one attached hydrogen (secondary N) is 4. The Morgan fingerprint density at radius 1 is 1.14 bits per heavy atom. The third-order valence-electron chi connectivity index (χ3n) is 4.66. The highest BCUT2D eigenvalue weighted by molar-refractivity contribution is 5.91. The standard InChI is InChI=1S/C20H28N4O4/c1-12(2)8-13(10-18(25)24-28)19(26)23-17(20(27)21-3)9-14-11-22-16-7-5-4-6-15(14)16/h4-7,11-13,17,22,28H,8-10H2,1-3H3,(H,21,27)(H,23,26)(H,24,25)/t13-,17?/m0/s1. The normalized spacial score (nSPS) is 13.2. The molecule has 0 aliphatic carbocycles. The van der Waals surface area contributed by atoms with Crippen LogP contribution in [0.25, 0.3) is 10.9 Å². The van der Waals surface area contributed by atoms with Gasteiger partial charge in [-0.2, -0.15) is 0 Å². The number of carbonyl (C=O) groups excluding carboxylic acids is 3. The zero-order valence-electron chi connectivity index (χ0n) is 16.4. The summed E-state index contributed by atoms with van der Waals surface area (Å²) in [7, 11) is 1.52. The number of H-pyrrole nitrogens is 1. The fourth-order valence-electron chi connectivity index (χ4n) is 3.32. The first-order valence-electron chi connectivity index (χ1n) is 9.35. The predicted octanol–water partition coefficient (Wildman–Crippen LogP) is 1.50. The number of hydrogen-bond acceptors (Lipinski definition) is 4. The molecule has 0 aliphatic heterocycles. The fourth-order valence-corrected chi connectivity index (χ4v) is 3.32. The van der Waals surface area contributed by atoms with Crippen molar-refractivity contribution in [3.63, 3.8) is 0 Å². The van der Waals surface area contributed by atoms with Crippen molar-refractivity contribution in [3.05, 3.63) is 36.0 Å². The van der Waals surface area contributed by atoms with E-state index in [-0.39, 0.29) is 24.2 Å². The van der Waals surface area contributed by atoms with Gasteiger partial charge in [0.15, 0.2) is 0 Å². The molecule has 8 nitrogen and oxygen atoms in total. The summed E-state index contributed by atoms with van der Waals surface area (Å²) in [4.78, 5) is 39.9. The first-order chi connectivity index (χ1) is 13.3. The van der Waals surface area contributed by atoms with Gasteiger partial charge in [0.1, 0.15) is 6.04 Å². The van der Waals surface area contributed by atoms with E-state index < -0.39 is 17.9 Å². The molecule has 0 bridgehead atoms. The Morgan fingerprint density at radius 2 is 1.86 bits per heavy atom. The number of aromatic amines is 1. The molecule has 0 spiro atoms. The van der Waals surface area contributed by atoms with Gasteiger partial charge >= 0.3 is 0 Å². The van der Waals surface area contributed by atoms with Crippen LogP contribution < -0.4 is 16.1 Å². The van der Waals surface area contributed by atoms with Gasteiger partial charge in [-0.15, -0.1) is 0 Å². The molecule has 0 saturated heterocycles. The van der Waals surface area contributed by atoms with Crippen LogP contribution in [0.3, 0.4) is 0 Å². The molecule has 0 radical (unpaired) electrons. The fraction of sp³-hybridized carbons (Fsp3) is 0.450. The second-order valence-electron chi connectivity index (χ2n) is 7.30. The van der Waals surface area contributed by atoms with Gasteiger partial charge in [0.05, 0.1) is 0 Å². The quantitative estimate of drug-likeness (QED) is 0.330. The Hall–Kier alpha value is -2.87. The van der Waals surface area contributed by atoms with E-state index in [4.69, 9.17) is 5.21 Å². The average molecular weight is 388 g/mol. The molecule has 0 saturated carbocycles. The lowest BCUT2D eigenvalue weighted by Crippen LogP contribution is -2.49. The Balaban J connectivity index is 2.18. The van der Waals surface area contributed by atoms with Gasteiger partial charge in [-0.1, -0.05) is 32.0 Å². The molecule has 1 heterocycles. The van der Waals surface area contributed by atoms with Crippen LogP contribution in [0.2, 0.25) is 0 Å². The molecule has 2 rings (SSSR count). The van der Waals surface area contributed by atoms with E-state index in [0.29, 0.717) is 12.8 Å². The number of aromatic nitrogens is 1. The summed E-state index contributed by atoms with van der Waals surface area (Å²) in [5, 5.41) is 15.1. The highest BCUT2D eigenvalue weighted by Gasteiger charge is 2.28. The van der Waals surface area contributed by atoms with Gasteiger partial charge in [-0.25, -0.2) is 5.48 Å². The van der Waals surface area contributed by atoms with E-state index in [9.17, 15) is 14.4 Å². The molecular weight excluding hydrogens is 360 g/mol. The molecule has 0 aliphatic rings. The van der Waals surface area contributed by atoms with Crippen molar-refractivity contribution in [1.29, 1.82) is 0 Å². The lowest BCUT2D eigenvalue weighted by Gasteiger charge is -2.22. The number of hydrogen-bond donors (Lipinski definition) is 5. The first kappa shape index (κ1) is 21.4. The summed E-state index contributed by atoms with van der Waals surface area (Å²) >= 11 is 0. The Labute approximate surface area is 164 Å². The Morgan fingerprint density at radius 3 is 2.50 bits per heavy atom. The lowest BCUT2D eigenvalue weighted by molar-refractivity contribution is -0.136. The Bertz CT molecular complexity index is 830. The molecule has 1 aromatic heterocycles. The number of likely N-dealkylation sites (N-methyl/N-ethyl adjacent to an activating group) is 1. The van der Waals surface area contributed by atoms with Crippen LogP contribution >= 0.6 is 0 Å². The van der Waals surface area contributed by atoms with E-state index in [1.165, 1.54) is 7.05 Å². The number of amides is 3. The van der Waals surface area contributed by atoms with Crippen molar-refractivity contribution in [2.24, 2.45) is 11.8 Å². The summed E-state index contributed by atoms with van der Waals surface area (Å²) in [6.07, 6.45) is 2.47. The van der Waals surface area contributed by atoms with Crippen molar-refractivity contribution in [1.82, 2.24) is 21.1 Å². The van der Waals surface area contributed by atoms with Gasteiger partial charge < -0.3 is 15.6 Å². The highest BCUT2D eigenvalue weighted by atomic mass is 16.5. The first-order valence-corrected chi connectivity index (χ1v) is 9.35. The largest absolute Gasteiger partial charge is 0.361 e. The smallest absolute Gasteiger partial charge is 0.244 e. The number of hydroxylamine groups is 1. The molecule has 1 aromatic carbocycles. The van der Waals surface area contributed by atoms with E-state index in [1.54, 1.807) is 5.48 Å². The molecule has 2 atom stereocenters. The topological polar surface area (TPSA) is 123 Å². The van der Waals surface area contributed by atoms with Crippen LogP contribution in [0.5, 0.6) is 0 Å². The SMILES string of the molecule is CNC(=O)C(Cc1c[nH]c2ccccc12)NC(=O)[C@H](CC(=O)NO)CC(C)C. The van der Waals surface area contributed by atoms with Crippen molar-refractivity contribution in [2.45, 2.75) is 39.2 Å². The monoisotopic (exact) mass is 388 g/mol. The molecule has 5 N–H and O–H groups in total. The van der Waals surface area contributed by atoms with Gasteiger partial charge in [0, 0.05) is 42.9 Å². The van der Waals surface area contributed by atoms with Crippen LogP contribution in [-0.2, 0) is 20.8 Å². The van der Waals surface area contributed by atoms with E-state index >= 15 is 0 Å². The Kier molecular flexibility index (Phi) is 7.57. The minimum atomic E-state index is -0.774. The summed E-state index contributed by atoms with van der Waals surface area (Å²) in [6.45, 7) is 3.89. The second kappa shape index (κ2) is 9.89. The second-order valence-corrected chi connectivity index (χ2v) is 7.30. The summed E-state index contributed by atoms with van der Waals surface area (Å²) in [5.74, 6) is -1.79. The van der Waals surface area contributed by atoms with Crippen molar-refractivity contribution < 1.29 is 19.6 Å². The molecule has 3 amide bonds. The molecule has 152 valence electrons. The molecule has 1 unspecified atom stereocenters. The number of fused-ring (bicyclic) bond motifs is 1. The summed E-state index contributed by atoms with van der Waals surface area (Å²) < 4.78 is 0. The predicted molar refractivity (Wildman–Crippen MR) is 105 cm³/mol. The van der Waals surface area contributed by atoms with E-state index in [1.807, 2.05) is 44.3 Å². The van der Waals surface area contributed by atoms with E-state index in [2.05, 4.69) is 15.6 Å². The van der Waals surface area contributed by atoms with Crippen molar-refractivity contribution >= 4 is 28.6 Å². The zero-order chi connectivity index (χ0) is 20.7. The minimum Gasteiger partial charge on any atom is -0.361 e. The van der Waals surface area contributed by atoms with Gasteiger partial charge in [-0.3, -0.25) is 19.6 Å². The maximum absolute atomic E-state index is 12.8. The van der Waals surface area contributed by atoms with Crippen LogP contribution in [0.15, 0.2) is 30.5 Å². The van der Waals surface area contributed by atoms with Gasteiger partial charge in [-0.05, 0) is 24.0 Å². The number of rotatable bonds is 9. The number of para-hydroxylation sites is 1. The van der Waals surface area contributed by atoms with Crippen LogP contribution in [0, 0.1) is 11.8 Å². The molecule has 0 fully saturated rings. The third-order valence-corrected chi connectivity index (χ3v) is 4.66. The van der Waals surface area contributed by atoms with Crippen LogP contribution in [0.1, 0.15) is 32.3 Å². The average Bonchev–Trinajstić information content (AvgIpc) is 3.08. The maximum atomic E-state index is 12.8. The lowest BCUT2D eigenvalue weighted by atomic mass is 9.92. The summed E-state index contributed by atoms with van der Waals surface area (Å²) in [6, 6.07) is 6.96. The molecular formula is C20H28N4O4. The van der Waals surface area contributed by atoms with Gasteiger partial charge in [0.2, 0.25) is 17.7 Å². The minimum absolute atomic E-state index is 0.145. The number of carbonyl (C=O) groups is 3. The zero-order valence-corrected chi connectivity index (χ0v) is 16.4.